The fourth-order valence-corrected chi connectivity index (χ4v) is 1.76. The summed E-state index contributed by atoms with van der Waals surface area (Å²) in [7, 11) is 0. The summed E-state index contributed by atoms with van der Waals surface area (Å²) in [6.45, 7) is 6.29. The van der Waals surface area contributed by atoms with Crippen molar-refractivity contribution in [3.63, 3.8) is 0 Å². The molecule has 4 N–H and O–H groups in total. The third kappa shape index (κ3) is 9.44. The van der Waals surface area contributed by atoms with E-state index >= 15 is 0 Å². The molecule has 0 bridgehead atoms. The molecule has 2 rings (SSSR count). The minimum absolute atomic E-state index is 0.120. The monoisotopic (exact) mass is 306 g/mol. The van der Waals surface area contributed by atoms with Gasteiger partial charge < -0.3 is 11.5 Å². The molecule has 6 nitrogen and oxygen atoms in total. The highest BCUT2D eigenvalue weighted by Gasteiger charge is 2.35. The van der Waals surface area contributed by atoms with Gasteiger partial charge in [0.2, 0.25) is 12.3 Å². The van der Waals surface area contributed by atoms with Crippen LogP contribution in [0.2, 0.25) is 0 Å². The number of primary amides is 1. The number of rotatable bonds is 2. The fraction of sp³-hybridized carbons (Fsp3) is 0.562. The van der Waals surface area contributed by atoms with Crippen molar-refractivity contribution >= 4 is 18.3 Å². The van der Waals surface area contributed by atoms with Gasteiger partial charge in [0.15, 0.2) is 5.96 Å². The van der Waals surface area contributed by atoms with E-state index in [2.05, 4.69) is 35.9 Å². The van der Waals surface area contributed by atoms with Crippen molar-refractivity contribution in [1.29, 1.82) is 0 Å². The van der Waals surface area contributed by atoms with Crippen LogP contribution < -0.4 is 11.5 Å². The normalized spacial score (nSPS) is 17.7. The Hall–Kier alpha value is -2.47. The Balaban J connectivity index is 0. The SMILES string of the molecule is C#C.C#CC.CC1(C)CC(=O)N(CC2CC2)C(N)=N1.NC=O. The standard InChI is InChI=1S/C10H17N3O.C3H4.C2H2.CH3NO/c1-10(2)5-8(14)13(9(11)12-10)6-7-3-4-7;1-3-2;1-2;2-1-3/h7H,3-6H2,1-2H3,(H2,11,12);1H,2H3;1-2H;1H,(H2,2,3). The second-order valence-electron chi connectivity index (χ2n) is 5.33. The first kappa shape index (κ1) is 21.8. The zero-order chi connectivity index (χ0) is 17.8. The van der Waals surface area contributed by atoms with E-state index in [9.17, 15) is 4.79 Å². The van der Waals surface area contributed by atoms with E-state index in [-0.39, 0.29) is 17.9 Å². The van der Waals surface area contributed by atoms with Crippen LogP contribution in [0.5, 0.6) is 0 Å². The molecule has 1 aliphatic heterocycles. The fourth-order valence-electron chi connectivity index (χ4n) is 1.76. The summed E-state index contributed by atoms with van der Waals surface area (Å²) in [5, 5.41) is 0. The average molecular weight is 306 g/mol. The second-order valence-corrected chi connectivity index (χ2v) is 5.33. The maximum atomic E-state index is 11.7. The Morgan fingerprint density at radius 2 is 1.86 bits per heavy atom. The molecule has 22 heavy (non-hydrogen) atoms. The Kier molecular flexibility index (Phi) is 11.1. The summed E-state index contributed by atoms with van der Waals surface area (Å²) in [6, 6.07) is 0. The molecule has 2 aliphatic rings. The van der Waals surface area contributed by atoms with Gasteiger partial charge in [-0.05, 0) is 39.5 Å². The van der Waals surface area contributed by atoms with Gasteiger partial charge in [0.25, 0.3) is 0 Å². The van der Waals surface area contributed by atoms with E-state index in [1.807, 2.05) is 13.8 Å². The number of nitrogens with two attached hydrogens (primary N) is 2. The molecule has 122 valence electrons. The number of amides is 2. The highest BCUT2D eigenvalue weighted by molar-refractivity contribution is 5.98. The smallest absolute Gasteiger partial charge is 0.231 e. The molecule has 6 heteroatoms. The molecule has 0 radical (unpaired) electrons. The molecule has 0 unspecified atom stereocenters. The molecule has 0 aromatic carbocycles. The Labute approximate surface area is 133 Å². The van der Waals surface area contributed by atoms with E-state index < -0.39 is 0 Å². The van der Waals surface area contributed by atoms with Crippen molar-refractivity contribution in [3.05, 3.63) is 0 Å². The molecule has 1 saturated carbocycles. The van der Waals surface area contributed by atoms with E-state index in [1.165, 1.54) is 12.8 Å². The molecule has 0 aromatic heterocycles. The third-order valence-corrected chi connectivity index (χ3v) is 2.72. The molecule has 1 heterocycles. The van der Waals surface area contributed by atoms with Crippen LogP contribution in [-0.2, 0) is 9.59 Å². The Bertz CT molecular complexity index is 443. The highest BCUT2D eigenvalue weighted by atomic mass is 16.2. The quantitative estimate of drug-likeness (QED) is 0.580. The van der Waals surface area contributed by atoms with Crippen molar-refractivity contribution in [2.24, 2.45) is 22.4 Å². The summed E-state index contributed by atoms with van der Waals surface area (Å²) in [4.78, 5) is 26.3. The lowest BCUT2D eigenvalue weighted by Crippen LogP contribution is -2.50. The maximum Gasteiger partial charge on any atom is 0.231 e. The number of carbonyl (C=O) groups excluding carboxylic acids is 2. The van der Waals surface area contributed by atoms with Gasteiger partial charge in [0.05, 0.1) is 12.0 Å². The van der Waals surface area contributed by atoms with Crippen LogP contribution in [0.25, 0.3) is 0 Å². The van der Waals surface area contributed by atoms with Crippen LogP contribution in [0.1, 0.15) is 40.0 Å². The number of nitrogens with zero attached hydrogens (tertiary/aromatic N) is 2. The molecule has 1 aliphatic carbocycles. The van der Waals surface area contributed by atoms with Crippen molar-refractivity contribution < 1.29 is 9.59 Å². The van der Waals surface area contributed by atoms with Crippen molar-refractivity contribution in [3.8, 4) is 25.2 Å². The van der Waals surface area contributed by atoms with Crippen LogP contribution in [0.4, 0.5) is 0 Å². The lowest BCUT2D eigenvalue weighted by molar-refractivity contribution is -0.129. The largest absolute Gasteiger partial charge is 0.372 e. The average Bonchev–Trinajstić information content (AvgIpc) is 3.21. The number of terminal acetylenes is 2. The van der Waals surface area contributed by atoms with Crippen molar-refractivity contribution in [2.75, 3.05) is 6.54 Å². The van der Waals surface area contributed by atoms with Gasteiger partial charge in [-0.1, -0.05) is 0 Å². The van der Waals surface area contributed by atoms with Crippen molar-refractivity contribution in [2.45, 2.75) is 45.6 Å². The lowest BCUT2D eigenvalue weighted by atomic mass is 9.99. The predicted molar refractivity (Wildman–Crippen MR) is 89.4 cm³/mol. The van der Waals surface area contributed by atoms with Gasteiger partial charge in [0, 0.05) is 6.54 Å². The Morgan fingerprint density at radius 3 is 2.18 bits per heavy atom. The van der Waals surface area contributed by atoms with Crippen LogP contribution in [0.15, 0.2) is 4.99 Å². The minimum Gasteiger partial charge on any atom is -0.372 e. The van der Waals surface area contributed by atoms with Crippen LogP contribution in [0, 0.1) is 31.1 Å². The van der Waals surface area contributed by atoms with E-state index in [0.29, 0.717) is 18.3 Å². The van der Waals surface area contributed by atoms with Crippen LogP contribution in [0.3, 0.4) is 0 Å². The number of carbonyl (C=O) groups is 2. The first-order valence-corrected chi connectivity index (χ1v) is 6.83. The van der Waals surface area contributed by atoms with Gasteiger partial charge in [-0.15, -0.1) is 25.2 Å². The topological polar surface area (TPSA) is 102 Å². The minimum atomic E-state index is -0.318. The first-order valence-electron chi connectivity index (χ1n) is 6.83. The second kappa shape index (κ2) is 11.2. The molecular weight excluding hydrogens is 280 g/mol. The van der Waals surface area contributed by atoms with E-state index in [0.717, 1.165) is 6.54 Å². The highest BCUT2D eigenvalue weighted by Crippen LogP contribution is 2.31. The summed E-state index contributed by atoms with van der Waals surface area (Å²) in [6.07, 6.45) is 15.8. The summed E-state index contributed by atoms with van der Waals surface area (Å²) in [5.74, 6) is 3.43. The van der Waals surface area contributed by atoms with Gasteiger partial charge in [-0.2, -0.15) is 0 Å². The summed E-state index contributed by atoms with van der Waals surface area (Å²) < 4.78 is 0. The third-order valence-electron chi connectivity index (χ3n) is 2.72. The lowest BCUT2D eigenvalue weighted by Gasteiger charge is -2.32. The molecule has 2 amide bonds. The summed E-state index contributed by atoms with van der Waals surface area (Å²) in [5.41, 5.74) is 9.62. The summed E-state index contributed by atoms with van der Waals surface area (Å²) >= 11 is 0. The Morgan fingerprint density at radius 1 is 1.45 bits per heavy atom. The molecule has 0 aromatic rings. The predicted octanol–water partition coefficient (Wildman–Crippen LogP) is 0.712. The zero-order valence-corrected chi connectivity index (χ0v) is 13.6. The van der Waals surface area contributed by atoms with Crippen LogP contribution >= 0.6 is 0 Å². The van der Waals surface area contributed by atoms with Gasteiger partial charge in [0.1, 0.15) is 0 Å². The molecule has 1 fully saturated rings. The van der Waals surface area contributed by atoms with Crippen molar-refractivity contribution in [1.82, 2.24) is 4.90 Å². The van der Waals surface area contributed by atoms with E-state index in [4.69, 9.17) is 10.5 Å². The molecular formula is C16H26N4O2. The molecule has 0 atom stereocenters. The van der Waals surface area contributed by atoms with Gasteiger partial charge in [-0.25, -0.2) is 4.99 Å². The molecule has 0 saturated heterocycles. The van der Waals surface area contributed by atoms with Gasteiger partial charge in [-0.3, -0.25) is 14.5 Å². The zero-order valence-electron chi connectivity index (χ0n) is 13.6. The van der Waals surface area contributed by atoms with Gasteiger partial charge >= 0.3 is 0 Å². The number of hydrogen-bond donors (Lipinski definition) is 2. The number of hydrogen-bond acceptors (Lipinski definition) is 4. The maximum absolute atomic E-state index is 11.7. The van der Waals surface area contributed by atoms with E-state index in [1.54, 1.807) is 11.8 Å². The molecule has 0 spiro atoms. The number of aliphatic imine (C=N–C) groups is 1. The number of guanidine groups is 1. The first-order chi connectivity index (χ1) is 10.3. The van der Waals surface area contributed by atoms with Crippen LogP contribution in [-0.4, -0.2) is 35.3 Å².